The molecule has 4 amide bonds. The van der Waals surface area contributed by atoms with Gasteiger partial charge in [0.25, 0.3) is 5.91 Å². The third-order valence-electron chi connectivity index (χ3n) is 4.83. The number of carbonyl (C=O) groups is 3. The highest BCUT2D eigenvalue weighted by Gasteiger charge is 2.55. The molecule has 1 unspecified atom stereocenters. The zero-order chi connectivity index (χ0) is 18.3. The molecule has 2 aromatic carbocycles. The lowest BCUT2D eigenvalue weighted by Crippen LogP contribution is -2.42. The maximum Gasteiger partial charge on any atom is 0.325 e. The lowest BCUT2D eigenvalue weighted by Gasteiger charge is -2.22. The lowest BCUT2D eigenvalue weighted by atomic mass is 9.92. The maximum absolute atomic E-state index is 13.0. The quantitative estimate of drug-likeness (QED) is 0.759. The Morgan fingerprint density at radius 2 is 2.00 bits per heavy atom. The van der Waals surface area contributed by atoms with Gasteiger partial charge in [0, 0.05) is 10.2 Å². The summed E-state index contributed by atoms with van der Waals surface area (Å²) in [5.74, 6) is -0.785. The van der Waals surface area contributed by atoms with Crippen LogP contribution in [0.4, 0.5) is 10.5 Å². The van der Waals surface area contributed by atoms with Crippen molar-refractivity contribution in [3.05, 3.63) is 64.1 Å². The van der Waals surface area contributed by atoms with Crippen molar-refractivity contribution in [2.75, 3.05) is 11.9 Å². The van der Waals surface area contributed by atoms with Crippen molar-refractivity contribution in [3.63, 3.8) is 0 Å². The van der Waals surface area contributed by atoms with Crippen LogP contribution < -0.4 is 10.6 Å². The third kappa shape index (κ3) is 2.68. The molecule has 132 valence electrons. The molecule has 2 N–H and O–H groups in total. The molecule has 4 rings (SSSR count). The first-order valence-corrected chi connectivity index (χ1v) is 9.07. The number of nitrogens with zero attached hydrogens (tertiary/aromatic N) is 1. The fraction of sp³-hybridized carbons (Fsp3) is 0.211. The molecule has 1 aliphatic carbocycles. The first kappa shape index (κ1) is 16.8. The maximum atomic E-state index is 13.0. The Morgan fingerprint density at radius 3 is 2.81 bits per heavy atom. The molecule has 0 bridgehead atoms. The lowest BCUT2D eigenvalue weighted by molar-refractivity contribution is -0.134. The fourth-order valence-electron chi connectivity index (χ4n) is 3.64. The van der Waals surface area contributed by atoms with Gasteiger partial charge in [-0.1, -0.05) is 46.3 Å². The number of hydrogen-bond donors (Lipinski definition) is 2. The highest BCUT2D eigenvalue weighted by Crippen LogP contribution is 2.41. The molecule has 0 aromatic heterocycles. The van der Waals surface area contributed by atoms with E-state index in [1.807, 2.05) is 30.3 Å². The molecule has 0 radical (unpaired) electrons. The topological polar surface area (TPSA) is 78.5 Å². The van der Waals surface area contributed by atoms with E-state index in [0.29, 0.717) is 12.1 Å². The molecule has 6 nitrogen and oxygen atoms in total. The standard InChI is InChI=1S/C19H16BrN3O3/c20-13-5-3-6-14(10-13)21-16(24)11-23-17(25)19(22-18(23)26)9-8-12-4-1-2-7-15(12)19/h1-7,10H,8-9,11H2,(H,21,24)(H,22,26). The SMILES string of the molecule is O=C(CN1C(=O)NC2(CCc3ccccc32)C1=O)Nc1cccc(Br)c1. The number of benzene rings is 2. The van der Waals surface area contributed by atoms with Crippen LogP contribution in [0.5, 0.6) is 0 Å². The van der Waals surface area contributed by atoms with Crippen molar-refractivity contribution in [2.24, 2.45) is 0 Å². The molecule has 26 heavy (non-hydrogen) atoms. The van der Waals surface area contributed by atoms with Gasteiger partial charge in [0.1, 0.15) is 12.1 Å². The molecule has 7 heteroatoms. The van der Waals surface area contributed by atoms with Crippen LogP contribution in [0, 0.1) is 0 Å². The Kier molecular flexibility index (Phi) is 4.03. The number of rotatable bonds is 3. The van der Waals surface area contributed by atoms with Crippen LogP contribution in [0.25, 0.3) is 0 Å². The molecule has 1 saturated heterocycles. The summed E-state index contributed by atoms with van der Waals surface area (Å²) in [5.41, 5.74) is 1.44. The largest absolute Gasteiger partial charge is 0.325 e. The summed E-state index contributed by atoms with van der Waals surface area (Å²) >= 11 is 3.34. The van der Waals surface area contributed by atoms with Gasteiger partial charge >= 0.3 is 6.03 Å². The minimum atomic E-state index is -1.04. The molecule has 0 saturated carbocycles. The van der Waals surface area contributed by atoms with Gasteiger partial charge in [-0.3, -0.25) is 14.5 Å². The Morgan fingerprint density at radius 1 is 1.19 bits per heavy atom. The van der Waals surface area contributed by atoms with Crippen LogP contribution in [-0.2, 0) is 21.5 Å². The highest BCUT2D eigenvalue weighted by molar-refractivity contribution is 9.10. The number of halogens is 1. The van der Waals surface area contributed by atoms with E-state index >= 15 is 0 Å². The van der Waals surface area contributed by atoms with Gasteiger partial charge in [0.2, 0.25) is 5.91 Å². The van der Waals surface area contributed by atoms with Crippen molar-refractivity contribution < 1.29 is 14.4 Å². The second-order valence-corrected chi connectivity index (χ2v) is 7.36. The molecule has 2 aromatic rings. The van der Waals surface area contributed by atoms with Crippen LogP contribution >= 0.6 is 15.9 Å². The van der Waals surface area contributed by atoms with E-state index in [1.54, 1.807) is 18.2 Å². The van der Waals surface area contributed by atoms with Crippen molar-refractivity contribution in [1.82, 2.24) is 10.2 Å². The Balaban J connectivity index is 1.53. The van der Waals surface area contributed by atoms with Crippen molar-refractivity contribution in [1.29, 1.82) is 0 Å². The van der Waals surface area contributed by atoms with Gasteiger partial charge in [-0.25, -0.2) is 4.79 Å². The number of amides is 4. The number of urea groups is 1. The van der Waals surface area contributed by atoms with Crippen LogP contribution in [0.2, 0.25) is 0 Å². The predicted molar refractivity (Wildman–Crippen MR) is 99.5 cm³/mol. The van der Waals surface area contributed by atoms with E-state index in [0.717, 1.165) is 26.9 Å². The number of nitrogens with one attached hydrogen (secondary N) is 2. The average molecular weight is 414 g/mol. The molecule has 1 atom stereocenters. The van der Waals surface area contributed by atoms with E-state index in [9.17, 15) is 14.4 Å². The summed E-state index contributed by atoms with van der Waals surface area (Å²) in [6.07, 6.45) is 1.24. The molecule has 1 aliphatic heterocycles. The van der Waals surface area contributed by atoms with Crippen LogP contribution in [0.1, 0.15) is 17.5 Å². The Labute approximate surface area is 158 Å². The molecule has 1 fully saturated rings. The minimum absolute atomic E-state index is 0.318. The number of carbonyl (C=O) groups excluding carboxylic acids is 3. The normalized spacial score (nSPS) is 21.0. The molecule has 1 heterocycles. The number of hydrogen-bond acceptors (Lipinski definition) is 3. The number of anilines is 1. The number of imide groups is 1. The van der Waals surface area contributed by atoms with E-state index in [2.05, 4.69) is 26.6 Å². The summed E-state index contributed by atoms with van der Waals surface area (Å²) in [6, 6.07) is 14.2. The van der Waals surface area contributed by atoms with Crippen molar-refractivity contribution >= 4 is 39.5 Å². The van der Waals surface area contributed by atoms with E-state index in [1.165, 1.54) is 0 Å². The molecular weight excluding hydrogens is 398 g/mol. The third-order valence-corrected chi connectivity index (χ3v) is 5.33. The monoisotopic (exact) mass is 413 g/mol. The van der Waals surface area contributed by atoms with Gasteiger partial charge in [0.15, 0.2) is 0 Å². The summed E-state index contributed by atoms with van der Waals surface area (Å²) in [5, 5.41) is 5.52. The fourth-order valence-corrected chi connectivity index (χ4v) is 4.04. The summed E-state index contributed by atoms with van der Waals surface area (Å²) in [6.45, 7) is -0.318. The summed E-state index contributed by atoms with van der Waals surface area (Å²) in [4.78, 5) is 38.7. The predicted octanol–water partition coefficient (Wildman–Crippen LogP) is 2.78. The van der Waals surface area contributed by atoms with Gasteiger partial charge in [-0.05, 0) is 42.2 Å². The Hall–Kier alpha value is -2.67. The average Bonchev–Trinajstić information content (AvgIpc) is 3.09. The first-order valence-electron chi connectivity index (χ1n) is 8.27. The van der Waals surface area contributed by atoms with Crippen molar-refractivity contribution in [2.45, 2.75) is 18.4 Å². The van der Waals surface area contributed by atoms with E-state index in [-0.39, 0.29) is 12.5 Å². The van der Waals surface area contributed by atoms with Gasteiger partial charge in [0.05, 0.1) is 0 Å². The van der Waals surface area contributed by atoms with Crippen LogP contribution in [0.3, 0.4) is 0 Å². The summed E-state index contributed by atoms with van der Waals surface area (Å²) in [7, 11) is 0. The highest BCUT2D eigenvalue weighted by atomic mass is 79.9. The summed E-state index contributed by atoms with van der Waals surface area (Å²) < 4.78 is 0.826. The second-order valence-electron chi connectivity index (χ2n) is 6.44. The minimum Gasteiger partial charge on any atom is -0.324 e. The molecule has 2 aliphatic rings. The van der Waals surface area contributed by atoms with Crippen LogP contribution in [-0.4, -0.2) is 29.3 Å². The number of aryl methyl sites for hydroxylation is 1. The van der Waals surface area contributed by atoms with Crippen molar-refractivity contribution in [3.8, 4) is 0 Å². The van der Waals surface area contributed by atoms with Crippen LogP contribution in [0.15, 0.2) is 53.0 Å². The zero-order valence-electron chi connectivity index (χ0n) is 13.8. The zero-order valence-corrected chi connectivity index (χ0v) is 15.4. The van der Waals surface area contributed by atoms with E-state index < -0.39 is 17.5 Å². The van der Waals surface area contributed by atoms with Gasteiger partial charge in [-0.15, -0.1) is 0 Å². The number of fused-ring (bicyclic) bond motifs is 2. The molecule has 1 spiro atoms. The van der Waals surface area contributed by atoms with Gasteiger partial charge < -0.3 is 10.6 Å². The first-order chi connectivity index (χ1) is 12.5. The second kappa shape index (κ2) is 6.25. The van der Waals surface area contributed by atoms with E-state index in [4.69, 9.17) is 0 Å². The van der Waals surface area contributed by atoms with Gasteiger partial charge in [-0.2, -0.15) is 0 Å². The Bertz CT molecular complexity index is 930. The molecular formula is C19H16BrN3O3. The smallest absolute Gasteiger partial charge is 0.324 e.